The number of carbonyl (C=O) groups excluding carboxylic acids is 1. The molecule has 13 heavy (non-hydrogen) atoms. The highest BCUT2D eigenvalue weighted by molar-refractivity contribution is 5.69. The van der Waals surface area contributed by atoms with Crippen molar-refractivity contribution in [3.63, 3.8) is 0 Å². The molecule has 0 saturated heterocycles. The van der Waals surface area contributed by atoms with Crippen LogP contribution in [0.4, 0.5) is 0 Å². The Kier molecular flexibility index (Phi) is 6.98. The summed E-state index contributed by atoms with van der Waals surface area (Å²) < 4.78 is 4.58. The van der Waals surface area contributed by atoms with E-state index < -0.39 is 0 Å². The Morgan fingerprint density at radius 2 is 2.31 bits per heavy atom. The third kappa shape index (κ3) is 6.14. The van der Waals surface area contributed by atoms with Crippen molar-refractivity contribution in [1.82, 2.24) is 0 Å². The smallest absolute Gasteiger partial charge is 0.306 e. The molecule has 0 radical (unpaired) electrons. The standard InChI is InChI=1S/C11H18O2/c1-4-6-7-8-10(5-2)9-11(12)13-3/h4-6,10H,2,7-9H2,1,3H3. The fraction of sp³-hybridized carbons (Fsp3) is 0.545. The van der Waals surface area contributed by atoms with Crippen LogP contribution in [0.2, 0.25) is 0 Å². The summed E-state index contributed by atoms with van der Waals surface area (Å²) in [6.07, 6.45) is 8.32. The first kappa shape index (κ1) is 11.9. The van der Waals surface area contributed by atoms with Gasteiger partial charge in [0.2, 0.25) is 0 Å². The van der Waals surface area contributed by atoms with Gasteiger partial charge in [0.25, 0.3) is 0 Å². The minimum absolute atomic E-state index is 0.162. The third-order valence-corrected chi connectivity index (χ3v) is 1.93. The second-order valence-corrected chi connectivity index (χ2v) is 2.92. The Morgan fingerprint density at radius 1 is 1.62 bits per heavy atom. The van der Waals surface area contributed by atoms with Crippen LogP contribution >= 0.6 is 0 Å². The van der Waals surface area contributed by atoms with Gasteiger partial charge >= 0.3 is 5.97 Å². The molecule has 0 aromatic carbocycles. The lowest BCUT2D eigenvalue weighted by Crippen LogP contribution is -2.07. The minimum atomic E-state index is -0.162. The quantitative estimate of drug-likeness (QED) is 0.466. The predicted octanol–water partition coefficient (Wildman–Crippen LogP) is 2.71. The van der Waals surface area contributed by atoms with Crippen LogP contribution in [-0.2, 0) is 9.53 Å². The molecule has 0 spiro atoms. The summed E-state index contributed by atoms with van der Waals surface area (Å²) in [6, 6.07) is 0. The first-order chi connectivity index (χ1) is 6.24. The molecular weight excluding hydrogens is 164 g/mol. The highest BCUT2D eigenvalue weighted by Crippen LogP contribution is 2.13. The van der Waals surface area contributed by atoms with Crippen LogP contribution in [0.3, 0.4) is 0 Å². The highest BCUT2D eigenvalue weighted by atomic mass is 16.5. The molecule has 0 N–H and O–H groups in total. The number of rotatable bonds is 6. The van der Waals surface area contributed by atoms with Crippen LogP contribution in [0, 0.1) is 5.92 Å². The van der Waals surface area contributed by atoms with Crippen LogP contribution in [0.5, 0.6) is 0 Å². The number of allylic oxidation sites excluding steroid dienone is 3. The van der Waals surface area contributed by atoms with E-state index in [1.165, 1.54) is 7.11 Å². The van der Waals surface area contributed by atoms with Crippen LogP contribution in [0.1, 0.15) is 26.2 Å². The topological polar surface area (TPSA) is 26.3 Å². The van der Waals surface area contributed by atoms with Gasteiger partial charge in [-0.3, -0.25) is 4.79 Å². The van der Waals surface area contributed by atoms with Crippen LogP contribution in [0.25, 0.3) is 0 Å². The van der Waals surface area contributed by atoms with Gasteiger partial charge in [0.1, 0.15) is 0 Å². The van der Waals surface area contributed by atoms with Crippen molar-refractivity contribution in [2.45, 2.75) is 26.2 Å². The predicted molar refractivity (Wildman–Crippen MR) is 54.4 cm³/mol. The lowest BCUT2D eigenvalue weighted by Gasteiger charge is -2.08. The molecule has 0 aliphatic rings. The van der Waals surface area contributed by atoms with Crippen LogP contribution in [-0.4, -0.2) is 13.1 Å². The number of carbonyl (C=O) groups is 1. The Balaban J connectivity index is 3.75. The molecule has 0 fully saturated rings. The fourth-order valence-corrected chi connectivity index (χ4v) is 1.08. The lowest BCUT2D eigenvalue weighted by atomic mass is 10.00. The molecule has 0 aliphatic heterocycles. The average Bonchev–Trinajstić information content (AvgIpc) is 2.16. The van der Waals surface area contributed by atoms with E-state index in [4.69, 9.17) is 0 Å². The number of hydrogen-bond donors (Lipinski definition) is 0. The molecule has 74 valence electrons. The summed E-state index contributed by atoms with van der Waals surface area (Å²) in [6.45, 7) is 5.68. The number of ether oxygens (including phenoxy) is 1. The van der Waals surface area contributed by atoms with Crippen LogP contribution < -0.4 is 0 Å². The second kappa shape index (κ2) is 7.59. The molecule has 0 rings (SSSR count). The third-order valence-electron chi connectivity index (χ3n) is 1.93. The summed E-state index contributed by atoms with van der Waals surface area (Å²) in [7, 11) is 1.41. The van der Waals surface area contributed by atoms with Crippen molar-refractivity contribution in [1.29, 1.82) is 0 Å². The van der Waals surface area contributed by atoms with E-state index in [0.717, 1.165) is 12.8 Å². The van der Waals surface area contributed by atoms with Crippen molar-refractivity contribution in [2.24, 2.45) is 5.92 Å². The molecule has 0 amide bonds. The molecule has 1 unspecified atom stereocenters. The first-order valence-electron chi connectivity index (χ1n) is 4.55. The molecular formula is C11H18O2. The lowest BCUT2D eigenvalue weighted by molar-refractivity contribution is -0.141. The van der Waals surface area contributed by atoms with Crippen molar-refractivity contribution < 1.29 is 9.53 Å². The highest BCUT2D eigenvalue weighted by Gasteiger charge is 2.09. The zero-order chi connectivity index (χ0) is 10.1. The molecule has 0 bridgehead atoms. The van der Waals surface area contributed by atoms with Gasteiger partial charge in [-0.25, -0.2) is 0 Å². The number of methoxy groups -OCH3 is 1. The molecule has 0 heterocycles. The minimum Gasteiger partial charge on any atom is -0.469 e. The Bertz CT molecular complexity index is 183. The van der Waals surface area contributed by atoms with E-state index in [0.29, 0.717) is 6.42 Å². The Hall–Kier alpha value is -1.05. The number of hydrogen-bond acceptors (Lipinski definition) is 2. The van der Waals surface area contributed by atoms with Gasteiger partial charge in [0.15, 0.2) is 0 Å². The molecule has 2 nitrogen and oxygen atoms in total. The largest absolute Gasteiger partial charge is 0.469 e. The van der Waals surface area contributed by atoms with Gasteiger partial charge in [0, 0.05) is 0 Å². The summed E-state index contributed by atoms with van der Waals surface area (Å²) in [5, 5.41) is 0. The van der Waals surface area contributed by atoms with Crippen molar-refractivity contribution in [2.75, 3.05) is 7.11 Å². The van der Waals surface area contributed by atoms with E-state index in [2.05, 4.69) is 17.4 Å². The SMILES string of the molecule is C=CC(CCC=CC)CC(=O)OC. The Morgan fingerprint density at radius 3 is 2.77 bits per heavy atom. The zero-order valence-corrected chi connectivity index (χ0v) is 8.45. The van der Waals surface area contributed by atoms with E-state index in [9.17, 15) is 4.79 Å². The van der Waals surface area contributed by atoms with Crippen molar-refractivity contribution in [3.8, 4) is 0 Å². The average molecular weight is 182 g/mol. The zero-order valence-electron chi connectivity index (χ0n) is 8.45. The van der Waals surface area contributed by atoms with Crippen molar-refractivity contribution in [3.05, 3.63) is 24.8 Å². The van der Waals surface area contributed by atoms with Gasteiger partial charge in [-0.2, -0.15) is 0 Å². The van der Waals surface area contributed by atoms with Crippen LogP contribution in [0.15, 0.2) is 24.8 Å². The molecule has 2 heteroatoms. The van der Waals surface area contributed by atoms with E-state index in [1.807, 2.05) is 19.1 Å². The van der Waals surface area contributed by atoms with Gasteiger partial charge in [-0.05, 0) is 25.7 Å². The summed E-state index contributed by atoms with van der Waals surface area (Å²) in [5.74, 6) is 0.0778. The second-order valence-electron chi connectivity index (χ2n) is 2.92. The summed E-state index contributed by atoms with van der Waals surface area (Å²) >= 11 is 0. The van der Waals surface area contributed by atoms with Crippen molar-refractivity contribution >= 4 is 5.97 Å². The van der Waals surface area contributed by atoms with Gasteiger partial charge in [0.05, 0.1) is 13.5 Å². The molecule has 0 aliphatic carbocycles. The van der Waals surface area contributed by atoms with Gasteiger partial charge in [-0.15, -0.1) is 6.58 Å². The van der Waals surface area contributed by atoms with Gasteiger partial charge in [-0.1, -0.05) is 18.2 Å². The van der Waals surface area contributed by atoms with E-state index >= 15 is 0 Å². The van der Waals surface area contributed by atoms with Gasteiger partial charge < -0.3 is 4.74 Å². The molecule has 0 saturated carbocycles. The summed E-state index contributed by atoms with van der Waals surface area (Å²) in [4.78, 5) is 10.9. The maximum absolute atomic E-state index is 10.9. The normalized spacial score (nSPS) is 12.8. The molecule has 0 aromatic heterocycles. The molecule has 1 atom stereocenters. The van der Waals surface area contributed by atoms with E-state index in [1.54, 1.807) is 0 Å². The monoisotopic (exact) mass is 182 g/mol. The maximum atomic E-state index is 10.9. The fourth-order valence-electron chi connectivity index (χ4n) is 1.08. The van der Waals surface area contributed by atoms with E-state index in [-0.39, 0.29) is 11.9 Å². The Labute approximate surface area is 80.3 Å². The molecule has 0 aromatic rings. The first-order valence-corrected chi connectivity index (χ1v) is 4.55. The number of esters is 1. The maximum Gasteiger partial charge on any atom is 0.306 e. The summed E-state index contributed by atoms with van der Waals surface area (Å²) in [5.41, 5.74) is 0.